The van der Waals surface area contributed by atoms with Crippen LogP contribution in [0.4, 0.5) is 11.4 Å². The van der Waals surface area contributed by atoms with Crippen LogP contribution in [0.1, 0.15) is 24.2 Å². The van der Waals surface area contributed by atoms with Crippen LogP contribution in [0.2, 0.25) is 0 Å². The van der Waals surface area contributed by atoms with Gasteiger partial charge in [0.15, 0.2) is 0 Å². The van der Waals surface area contributed by atoms with Crippen molar-refractivity contribution in [2.24, 2.45) is 0 Å². The molecule has 0 spiro atoms. The molecule has 0 saturated heterocycles. The molecular formula is C20H20N2O3. The SMILES string of the molecule is CCN(CC)c1ccc2cc(NC(=O)c3ccccc3)c(=O)oc2c1. The number of hydrogen-bond acceptors (Lipinski definition) is 4. The second-order valence-electron chi connectivity index (χ2n) is 5.66. The molecule has 0 fully saturated rings. The number of fused-ring (bicyclic) bond motifs is 1. The molecule has 1 amide bonds. The maximum absolute atomic E-state index is 12.2. The summed E-state index contributed by atoms with van der Waals surface area (Å²) in [6, 6.07) is 16.1. The summed E-state index contributed by atoms with van der Waals surface area (Å²) in [6.07, 6.45) is 0. The van der Waals surface area contributed by atoms with Crippen molar-refractivity contribution in [3.63, 3.8) is 0 Å². The van der Waals surface area contributed by atoms with Crippen molar-refractivity contribution in [1.29, 1.82) is 0 Å². The van der Waals surface area contributed by atoms with Crippen molar-refractivity contribution < 1.29 is 9.21 Å². The van der Waals surface area contributed by atoms with E-state index in [0.717, 1.165) is 24.2 Å². The number of hydrogen-bond donors (Lipinski definition) is 1. The first-order chi connectivity index (χ1) is 12.1. The Morgan fingerprint density at radius 3 is 2.44 bits per heavy atom. The smallest absolute Gasteiger partial charge is 0.360 e. The summed E-state index contributed by atoms with van der Waals surface area (Å²) in [7, 11) is 0. The third-order valence-electron chi connectivity index (χ3n) is 4.13. The summed E-state index contributed by atoms with van der Waals surface area (Å²) < 4.78 is 5.41. The van der Waals surface area contributed by atoms with E-state index in [-0.39, 0.29) is 11.6 Å². The molecular weight excluding hydrogens is 316 g/mol. The Morgan fingerprint density at radius 2 is 1.76 bits per heavy atom. The summed E-state index contributed by atoms with van der Waals surface area (Å²) in [5.41, 5.74) is 1.57. The minimum Gasteiger partial charge on any atom is -0.421 e. The van der Waals surface area contributed by atoms with Crippen LogP contribution in [-0.4, -0.2) is 19.0 Å². The molecule has 0 aliphatic heterocycles. The quantitative estimate of drug-likeness (QED) is 0.718. The zero-order chi connectivity index (χ0) is 17.8. The van der Waals surface area contributed by atoms with E-state index >= 15 is 0 Å². The predicted molar refractivity (Wildman–Crippen MR) is 100 cm³/mol. The molecule has 5 nitrogen and oxygen atoms in total. The molecule has 128 valence electrons. The number of carbonyl (C=O) groups is 1. The van der Waals surface area contributed by atoms with Gasteiger partial charge in [-0.2, -0.15) is 0 Å². The first kappa shape index (κ1) is 16.8. The Morgan fingerprint density at radius 1 is 1.04 bits per heavy atom. The third kappa shape index (κ3) is 3.55. The number of carbonyl (C=O) groups excluding carboxylic acids is 1. The minimum atomic E-state index is -0.562. The van der Waals surface area contributed by atoms with Gasteiger partial charge in [0.05, 0.1) is 0 Å². The first-order valence-electron chi connectivity index (χ1n) is 8.31. The molecule has 0 saturated carbocycles. The number of nitrogens with zero attached hydrogens (tertiary/aromatic N) is 1. The summed E-state index contributed by atoms with van der Waals surface area (Å²) in [6.45, 7) is 5.90. The Bertz CT molecular complexity index is 944. The maximum atomic E-state index is 12.2. The number of rotatable bonds is 5. The molecule has 0 bridgehead atoms. The van der Waals surface area contributed by atoms with E-state index in [0.29, 0.717) is 11.1 Å². The van der Waals surface area contributed by atoms with Gasteiger partial charge in [0, 0.05) is 35.8 Å². The molecule has 3 aromatic rings. The fourth-order valence-corrected chi connectivity index (χ4v) is 2.76. The van der Waals surface area contributed by atoms with Crippen molar-refractivity contribution in [2.45, 2.75) is 13.8 Å². The average molecular weight is 336 g/mol. The highest BCUT2D eigenvalue weighted by molar-refractivity contribution is 6.04. The molecule has 0 unspecified atom stereocenters. The standard InChI is InChI=1S/C20H20N2O3/c1-3-22(4-2)16-11-10-15-12-17(20(24)25-18(15)13-16)21-19(23)14-8-6-5-7-9-14/h5-13H,3-4H2,1-2H3,(H,21,23). The molecule has 0 aliphatic rings. The van der Waals surface area contributed by atoms with Gasteiger partial charge in [0.2, 0.25) is 0 Å². The number of nitrogens with one attached hydrogen (secondary N) is 1. The Hall–Kier alpha value is -3.08. The topological polar surface area (TPSA) is 62.6 Å². The van der Waals surface area contributed by atoms with Gasteiger partial charge < -0.3 is 14.6 Å². The van der Waals surface area contributed by atoms with Crippen LogP contribution in [0, 0.1) is 0 Å². The van der Waals surface area contributed by atoms with Gasteiger partial charge in [-0.15, -0.1) is 0 Å². The number of amides is 1. The molecule has 1 N–H and O–H groups in total. The van der Waals surface area contributed by atoms with Gasteiger partial charge in [-0.25, -0.2) is 4.79 Å². The van der Waals surface area contributed by atoms with Crippen LogP contribution < -0.4 is 15.8 Å². The molecule has 0 radical (unpaired) electrons. The zero-order valence-electron chi connectivity index (χ0n) is 14.3. The van der Waals surface area contributed by atoms with Crippen molar-refractivity contribution in [3.8, 4) is 0 Å². The summed E-state index contributed by atoms with van der Waals surface area (Å²) in [5, 5.41) is 3.39. The van der Waals surface area contributed by atoms with Gasteiger partial charge >= 0.3 is 5.63 Å². The van der Waals surface area contributed by atoms with E-state index in [2.05, 4.69) is 24.1 Å². The molecule has 25 heavy (non-hydrogen) atoms. The summed E-state index contributed by atoms with van der Waals surface area (Å²) in [5.74, 6) is -0.341. The van der Waals surface area contributed by atoms with E-state index in [1.165, 1.54) is 0 Å². The largest absolute Gasteiger partial charge is 0.421 e. The van der Waals surface area contributed by atoms with Crippen LogP contribution in [0.25, 0.3) is 11.0 Å². The van der Waals surface area contributed by atoms with Gasteiger partial charge in [-0.3, -0.25) is 4.79 Å². The maximum Gasteiger partial charge on any atom is 0.360 e. The predicted octanol–water partition coefficient (Wildman–Crippen LogP) is 3.89. The Balaban J connectivity index is 1.93. The Labute approximate surface area is 145 Å². The molecule has 3 rings (SSSR count). The van der Waals surface area contributed by atoms with Gasteiger partial charge in [0.1, 0.15) is 11.3 Å². The molecule has 1 heterocycles. The minimum absolute atomic E-state index is 0.136. The molecule has 2 aromatic carbocycles. The normalized spacial score (nSPS) is 10.6. The lowest BCUT2D eigenvalue weighted by Crippen LogP contribution is -2.21. The van der Waals surface area contributed by atoms with E-state index in [1.54, 1.807) is 30.3 Å². The third-order valence-corrected chi connectivity index (χ3v) is 4.13. The van der Waals surface area contributed by atoms with Crippen LogP contribution in [0.3, 0.4) is 0 Å². The lowest BCUT2D eigenvalue weighted by Gasteiger charge is -2.21. The highest BCUT2D eigenvalue weighted by Crippen LogP contribution is 2.23. The van der Waals surface area contributed by atoms with E-state index < -0.39 is 5.63 Å². The van der Waals surface area contributed by atoms with E-state index in [9.17, 15) is 9.59 Å². The first-order valence-corrected chi connectivity index (χ1v) is 8.31. The van der Waals surface area contributed by atoms with Gasteiger partial charge in [-0.05, 0) is 44.2 Å². The lowest BCUT2D eigenvalue weighted by atomic mass is 10.2. The molecule has 1 aromatic heterocycles. The van der Waals surface area contributed by atoms with Crippen LogP contribution in [-0.2, 0) is 0 Å². The molecule has 0 aliphatic carbocycles. The lowest BCUT2D eigenvalue weighted by molar-refractivity contribution is 0.102. The second-order valence-corrected chi connectivity index (χ2v) is 5.66. The van der Waals surface area contributed by atoms with Crippen molar-refractivity contribution in [1.82, 2.24) is 0 Å². The van der Waals surface area contributed by atoms with Crippen molar-refractivity contribution in [3.05, 3.63) is 70.6 Å². The fourth-order valence-electron chi connectivity index (χ4n) is 2.76. The fraction of sp³-hybridized carbons (Fsp3) is 0.200. The second kappa shape index (κ2) is 7.21. The number of anilines is 2. The average Bonchev–Trinajstić information content (AvgIpc) is 2.64. The Kier molecular flexibility index (Phi) is 4.84. The van der Waals surface area contributed by atoms with Crippen LogP contribution >= 0.6 is 0 Å². The van der Waals surface area contributed by atoms with Gasteiger partial charge in [0.25, 0.3) is 5.91 Å². The monoisotopic (exact) mass is 336 g/mol. The highest BCUT2D eigenvalue weighted by Gasteiger charge is 2.12. The highest BCUT2D eigenvalue weighted by atomic mass is 16.4. The number of benzene rings is 2. The van der Waals surface area contributed by atoms with Crippen molar-refractivity contribution >= 4 is 28.3 Å². The zero-order valence-corrected chi connectivity index (χ0v) is 14.3. The van der Waals surface area contributed by atoms with Crippen LogP contribution in [0.5, 0.6) is 0 Å². The summed E-state index contributed by atoms with van der Waals surface area (Å²) >= 11 is 0. The van der Waals surface area contributed by atoms with E-state index in [4.69, 9.17) is 4.42 Å². The molecule has 0 atom stereocenters. The van der Waals surface area contributed by atoms with E-state index in [1.807, 2.05) is 24.3 Å². The summed E-state index contributed by atoms with van der Waals surface area (Å²) in [4.78, 5) is 26.6. The molecule has 5 heteroatoms. The van der Waals surface area contributed by atoms with Gasteiger partial charge in [-0.1, -0.05) is 18.2 Å². The van der Waals surface area contributed by atoms with Crippen molar-refractivity contribution in [2.75, 3.05) is 23.3 Å². The van der Waals surface area contributed by atoms with Crippen LogP contribution in [0.15, 0.2) is 63.8 Å².